The lowest BCUT2D eigenvalue weighted by Crippen LogP contribution is -2.30. The fourth-order valence-corrected chi connectivity index (χ4v) is 3.50. The monoisotopic (exact) mass is 278 g/mol. The van der Waals surface area contributed by atoms with Crippen molar-refractivity contribution in [3.8, 4) is 5.75 Å². The van der Waals surface area contributed by atoms with Gasteiger partial charge in [-0.05, 0) is 63.0 Å². The summed E-state index contributed by atoms with van der Waals surface area (Å²) < 4.78 is 19.0. The van der Waals surface area contributed by atoms with Gasteiger partial charge in [-0.15, -0.1) is 0 Å². The van der Waals surface area contributed by atoms with E-state index in [-0.39, 0.29) is 5.82 Å². The normalized spacial score (nSPS) is 26.9. The molecule has 1 heterocycles. The predicted octanol–water partition coefficient (Wildman–Crippen LogP) is 2.58. The molecule has 0 spiro atoms. The Kier molecular flexibility index (Phi) is 3.94. The molecule has 1 aliphatic carbocycles. The second-order valence-corrected chi connectivity index (χ2v) is 5.91. The standard InChI is InChI=1S/C16H23FN2O/c1-18-10-12-7-8-19(13-4-5-13)16(12)11-3-6-15(20-2)14(17)9-11/h3,6,9,12-13,16,18H,4-5,7-8,10H2,1-2H3. The summed E-state index contributed by atoms with van der Waals surface area (Å²) in [5.74, 6) is 0.638. The molecule has 110 valence electrons. The summed E-state index contributed by atoms with van der Waals surface area (Å²) in [6.07, 6.45) is 3.78. The Morgan fingerprint density at radius 1 is 1.35 bits per heavy atom. The van der Waals surface area contributed by atoms with Crippen LogP contribution in [0.15, 0.2) is 18.2 Å². The van der Waals surface area contributed by atoms with Gasteiger partial charge in [0.2, 0.25) is 0 Å². The summed E-state index contributed by atoms with van der Waals surface area (Å²) in [6.45, 7) is 2.12. The van der Waals surface area contributed by atoms with E-state index in [0.29, 0.717) is 23.8 Å². The molecule has 4 heteroatoms. The number of ether oxygens (including phenoxy) is 1. The number of halogens is 1. The summed E-state index contributed by atoms with van der Waals surface area (Å²) >= 11 is 0. The number of nitrogens with zero attached hydrogens (tertiary/aromatic N) is 1. The molecule has 2 atom stereocenters. The third-order valence-corrected chi connectivity index (χ3v) is 4.56. The lowest BCUT2D eigenvalue weighted by molar-refractivity contribution is 0.216. The van der Waals surface area contributed by atoms with Gasteiger partial charge in [-0.1, -0.05) is 6.07 Å². The second kappa shape index (κ2) is 5.70. The van der Waals surface area contributed by atoms with Crippen molar-refractivity contribution >= 4 is 0 Å². The Bertz CT molecular complexity index is 476. The number of benzene rings is 1. The van der Waals surface area contributed by atoms with Gasteiger partial charge >= 0.3 is 0 Å². The number of methoxy groups -OCH3 is 1. The van der Waals surface area contributed by atoms with Crippen molar-refractivity contribution in [1.29, 1.82) is 0 Å². The highest BCUT2D eigenvalue weighted by Gasteiger charge is 2.42. The minimum Gasteiger partial charge on any atom is -0.494 e. The summed E-state index contributed by atoms with van der Waals surface area (Å²) in [4.78, 5) is 2.57. The molecule has 0 radical (unpaired) electrons. The third-order valence-electron chi connectivity index (χ3n) is 4.56. The van der Waals surface area contributed by atoms with E-state index in [1.807, 2.05) is 13.1 Å². The zero-order valence-electron chi connectivity index (χ0n) is 12.2. The van der Waals surface area contributed by atoms with Crippen LogP contribution in [0.3, 0.4) is 0 Å². The molecule has 20 heavy (non-hydrogen) atoms. The van der Waals surface area contributed by atoms with Crippen LogP contribution in [0.25, 0.3) is 0 Å². The molecule has 2 unspecified atom stereocenters. The van der Waals surface area contributed by atoms with Gasteiger partial charge in [-0.3, -0.25) is 4.90 Å². The largest absolute Gasteiger partial charge is 0.494 e. The van der Waals surface area contributed by atoms with Crippen LogP contribution in [0.4, 0.5) is 4.39 Å². The van der Waals surface area contributed by atoms with Crippen molar-refractivity contribution in [2.75, 3.05) is 27.2 Å². The zero-order valence-corrected chi connectivity index (χ0v) is 12.2. The van der Waals surface area contributed by atoms with E-state index in [4.69, 9.17) is 4.74 Å². The zero-order chi connectivity index (χ0) is 14.1. The third kappa shape index (κ3) is 2.54. The van der Waals surface area contributed by atoms with Crippen molar-refractivity contribution in [3.05, 3.63) is 29.6 Å². The number of rotatable bonds is 5. The molecule has 3 rings (SSSR count). The van der Waals surface area contributed by atoms with Gasteiger partial charge in [0.1, 0.15) is 0 Å². The smallest absolute Gasteiger partial charge is 0.165 e. The van der Waals surface area contributed by atoms with Gasteiger partial charge in [-0.25, -0.2) is 4.39 Å². The summed E-state index contributed by atoms with van der Waals surface area (Å²) in [7, 11) is 3.50. The van der Waals surface area contributed by atoms with E-state index >= 15 is 0 Å². The van der Waals surface area contributed by atoms with Gasteiger partial charge in [0.15, 0.2) is 11.6 Å². The van der Waals surface area contributed by atoms with Crippen LogP contribution in [-0.4, -0.2) is 38.2 Å². The molecule has 0 amide bonds. The maximum absolute atomic E-state index is 14.0. The van der Waals surface area contributed by atoms with Crippen molar-refractivity contribution in [2.45, 2.75) is 31.3 Å². The average Bonchev–Trinajstić information content (AvgIpc) is 3.21. The van der Waals surface area contributed by atoms with E-state index in [0.717, 1.165) is 18.7 Å². The summed E-state index contributed by atoms with van der Waals surface area (Å²) in [6, 6.07) is 6.50. The van der Waals surface area contributed by atoms with Crippen molar-refractivity contribution in [1.82, 2.24) is 10.2 Å². The molecule has 1 N–H and O–H groups in total. The predicted molar refractivity (Wildman–Crippen MR) is 77.5 cm³/mol. The SMILES string of the molecule is CNCC1CCN(C2CC2)C1c1ccc(OC)c(F)c1. The maximum atomic E-state index is 14.0. The minimum absolute atomic E-state index is 0.254. The highest BCUT2D eigenvalue weighted by molar-refractivity contribution is 5.32. The average molecular weight is 278 g/mol. The van der Waals surface area contributed by atoms with E-state index in [2.05, 4.69) is 10.2 Å². The number of hydrogen-bond acceptors (Lipinski definition) is 3. The Labute approximate surface area is 120 Å². The Hall–Kier alpha value is -1.13. The van der Waals surface area contributed by atoms with Crippen LogP contribution in [0.1, 0.15) is 30.9 Å². The molecule has 1 aliphatic heterocycles. The number of nitrogens with one attached hydrogen (secondary N) is 1. The Balaban J connectivity index is 1.88. The fourth-order valence-electron chi connectivity index (χ4n) is 3.50. The molecular weight excluding hydrogens is 255 g/mol. The van der Waals surface area contributed by atoms with Gasteiger partial charge in [-0.2, -0.15) is 0 Å². The lowest BCUT2D eigenvalue weighted by atomic mass is 9.93. The fraction of sp³-hybridized carbons (Fsp3) is 0.625. The molecule has 2 fully saturated rings. The molecule has 0 aromatic heterocycles. The second-order valence-electron chi connectivity index (χ2n) is 5.91. The van der Waals surface area contributed by atoms with Crippen molar-refractivity contribution in [3.63, 3.8) is 0 Å². The topological polar surface area (TPSA) is 24.5 Å². The number of hydrogen-bond donors (Lipinski definition) is 1. The first-order valence-corrected chi connectivity index (χ1v) is 7.48. The minimum atomic E-state index is -0.254. The summed E-state index contributed by atoms with van der Waals surface area (Å²) in [5, 5.41) is 3.28. The Morgan fingerprint density at radius 2 is 2.15 bits per heavy atom. The lowest BCUT2D eigenvalue weighted by Gasteiger charge is -2.29. The molecule has 2 aliphatic rings. The van der Waals surface area contributed by atoms with Crippen LogP contribution in [0, 0.1) is 11.7 Å². The van der Waals surface area contributed by atoms with Crippen LogP contribution >= 0.6 is 0 Å². The van der Waals surface area contributed by atoms with Crippen molar-refractivity contribution in [2.24, 2.45) is 5.92 Å². The van der Waals surface area contributed by atoms with Gasteiger partial charge < -0.3 is 10.1 Å². The van der Waals surface area contributed by atoms with E-state index in [1.54, 1.807) is 12.1 Å². The quantitative estimate of drug-likeness (QED) is 0.896. The van der Waals surface area contributed by atoms with Crippen LogP contribution in [-0.2, 0) is 0 Å². The molecule has 3 nitrogen and oxygen atoms in total. The molecule has 1 saturated heterocycles. The van der Waals surface area contributed by atoms with E-state index in [9.17, 15) is 4.39 Å². The molecule has 1 saturated carbocycles. The van der Waals surface area contributed by atoms with Gasteiger partial charge in [0.25, 0.3) is 0 Å². The number of likely N-dealkylation sites (tertiary alicyclic amines) is 1. The molecule has 1 aromatic carbocycles. The first-order chi connectivity index (χ1) is 9.74. The highest BCUT2D eigenvalue weighted by Crippen LogP contribution is 2.44. The van der Waals surface area contributed by atoms with E-state index < -0.39 is 0 Å². The van der Waals surface area contributed by atoms with Crippen LogP contribution < -0.4 is 10.1 Å². The van der Waals surface area contributed by atoms with Crippen LogP contribution in [0.2, 0.25) is 0 Å². The highest BCUT2D eigenvalue weighted by atomic mass is 19.1. The molecule has 0 bridgehead atoms. The first-order valence-electron chi connectivity index (χ1n) is 7.48. The molecule has 1 aromatic rings. The molecular formula is C16H23FN2O. The Morgan fingerprint density at radius 3 is 2.75 bits per heavy atom. The van der Waals surface area contributed by atoms with Crippen molar-refractivity contribution < 1.29 is 9.13 Å². The van der Waals surface area contributed by atoms with Crippen LogP contribution in [0.5, 0.6) is 5.75 Å². The summed E-state index contributed by atoms with van der Waals surface area (Å²) in [5.41, 5.74) is 1.09. The maximum Gasteiger partial charge on any atom is 0.165 e. The van der Waals surface area contributed by atoms with E-state index in [1.165, 1.54) is 26.4 Å². The van der Waals surface area contributed by atoms with Gasteiger partial charge in [0, 0.05) is 12.1 Å². The first kappa shape index (κ1) is 13.8. The van der Waals surface area contributed by atoms with Gasteiger partial charge in [0.05, 0.1) is 7.11 Å².